The van der Waals surface area contributed by atoms with Crippen LogP contribution in [-0.2, 0) is 11.0 Å². The summed E-state index contributed by atoms with van der Waals surface area (Å²) in [5.74, 6) is 1.50. The summed E-state index contributed by atoms with van der Waals surface area (Å²) in [6.45, 7) is 3.85. The van der Waals surface area contributed by atoms with E-state index in [0.29, 0.717) is 5.92 Å². The molecule has 1 aliphatic heterocycles. The molecule has 2 bridgehead atoms. The fourth-order valence-electron chi connectivity index (χ4n) is 6.73. The summed E-state index contributed by atoms with van der Waals surface area (Å²) >= 11 is 1.76. The summed E-state index contributed by atoms with van der Waals surface area (Å²) in [6, 6.07) is 22.3. The minimum Gasteiger partial charge on any atom is -0.385 e. The third-order valence-electron chi connectivity index (χ3n) is 8.48. The third kappa shape index (κ3) is 3.93. The van der Waals surface area contributed by atoms with Crippen LogP contribution in [0, 0.1) is 0 Å². The summed E-state index contributed by atoms with van der Waals surface area (Å²) in [5, 5.41) is 12.8. The molecule has 1 fully saturated rings. The standard InChI is InChI=1S/C30H35N3OS/c1-32(2)18-19-35-28-27(12-7-15-31-28)30(34)13-16-33(17-14-30)21-29-20-24(22-8-3-5-10-25(22)29)23-9-4-6-11-26(23)29/h3-12,15,24,34H,13-14,16-21H2,1-2H3. The molecule has 1 aromatic heterocycles. The Labute approximate surface area is 213 Å². The molecular weight excluding hydrogens is 450 g/mol. The van der Waals surface area contributed by atoms with Crippen LogP contribution in [0.15, 0.2) is 71.9 Å². The number of nitrogens with zero attached hydrogens (tertiary/aromatic N) is 3. The Morgan fingerprint density at radius 3 is 2.23 bits per heavy atom. The highest BCUT2D eigenvalue weighted by Gasteiger charge is 2.53. The molecule has 2 heterocycles. The number of hydrogen-bond acceptors (Lipinski definition) is 5. The topological polar surface area (TPSA) is 39.6 Å². The molecule has 2 aromatic carbocycles. The zero-order valence-corrected chi connectivity index (χ0v) is 21.6. The lowest BCUT2D eigenvalue weighted by Gasteiger charge is -2.43. The zero-order valence-electron chi connectivity index (χ0n) is 20.8. The van der Waals surface area contributed by atoms with Crippen LogP contribution in [0.1, 0.15) is 53.0 Å². The number of aromatic nitrogens is 1. The van der Waals surface area contributed by atoms with Crippen molar-refractivity contribution in [3.8, 4) is 0 Å². The summed E-state index contributed by atoms with van der Waals surface area (Å²) in [4.78, 5) is 9.44. The number of hydrogen-bond donors (Lipinski definition) is 1. The minimum atomic E-state index is -0.799. The normalized spacial score (nSPS) is 24.5. The highest BCUT2D eigenvalue weighted by atomic mass is 32.2. The Kier molecular flexibility index (Phi) is 6.00. The lowest BCUT2D eigenvalue weighted by molar-refractivity contribution is -0.0313. The zero-order chi connectivity index (χ0) is 24.0. The van der Waals surface area contributed by atoms with Crippen molar-refractivity contribution in [2.75, 3.05) is 46.0 Å². The van der Waals surface area contributed by atoms with Crippen LogP contribution in [0.5, 0.6) is 0 Å². The predicted molar refractivity (Wildman–Crippen MR) is 143 cm³/mol. The van der Waals surface area contributed by atoms with E-state index in [4.69, 9.17) is 0 Å². The first-order chi connectivity index (χ1) is 17.0. The van der Waals surface area contributed by atoms with E-state index in [9.17, 15) is 5.11 Å². The molecule has 182 valence electrons. The van der Waals surface area contributed by atoms with Gasteiger partial charge in [-0.25, -0.2) is 4.98 Å². The Morgan fingerprint density at radius 2 is 1.57 bits per heavy atom. The fraction of sp³-hybridized carbons (Fsp3) is 0.433. The molecule has 6 rings (SSSR count). The molecule has 2 aliphatic carbocycles. The number of fused-ring (bicyclic) bond motifs is 8. The molecule has 4 nitrogen and oxygen atoms in total. The molecule has 0 atom stereocenters. The van der Waals surface area contributed by atoms with Crippen LogP contribution in [-0.4, -0.2) is 65.9 Å². The predicted octanol–water partition coefficient (Wildman–Crippen LogP) is 4.85. The van der Waals surface area contributed by atoms with Gasteiger partial charge < -0.3 is 14.9 Å². The highest BCUT2D eigenvalue weighted by molar-refractivity contribution is 7.99. The Balaban J connectivity index is 1.21. The highest BCUT2D eigenvalue weighted by Crippen LogP contribution is 2.60. The van der Waals surface area contributed by atoms with E-state index >= 15 is 0 Å². The molecular formula is C30H35N3OS. The second-order valence-corrected chi connectivity index (χ2v) is 11.9. The van der Waals surface area contributed by atoms with Gasteiger partial charge in [0.2, 0.25) is 0 Å². The van der Waals surface area contributed by atoms with Gasteiger partial charge in [0, 0.05) is 55.0 Å². The van der Waals surface area contributed by atoms with Crippen molar-refractivity contribution in [3.63, 3.8) is 0 Å². The maximum absolute atomic E-state index is 11.8. The molecule has 1 saturated heterocycles. The number of rotatable bonds is 7. The molecule has 0 amide bonds. The molecule has 3 aromatic rings. The average molecular weight is 486 g/mol. The molecule has 0 unspecified atom stereocenters. The first-order valence-corrected chi connectivity index (χ1v) is 13.9. The summed E-state index contributed by atoms with van der Waals surface area (Å²) in [5.41, 5.74) is 6.39. The lowest BCUT2D eigenvalue weighted by Crippen LogP contribution is -2.48. The van der Waals surface area contributed by atoms with Crippen LogP contribution in [0.2, 0.25) is 0 Å². The van der Waals surface area contributed by atoms with Crippen LogP contribution >= 0.6 is 11.8 Å². The van der Waals surface area contributed by atoms with Gasteiger partial charge in [0.15, 0.2) is 0 Å². The van der Waals surface area contributed by atoms with Crippen LogP contribution in [0.25, 0.3) is 0 Å². The second kappa shape index (κ2) is 9.04. The maximum atomic E-state index is 11.8. The minimum absolute atomic E-state index is 0.0782. The smallest absolute Gasteiger partial charge is 0.102 e. The van der Waals surface area contributed by atoms with Gasteiger partial charge in [-0.05, 0) is 61.7 Å². The number of benzene rings is 2. The van der Waals surface area contributed by atoms with E-state index in [0.717, 1.165) is 55.4 Å². The monoisotopic (exact) mass is 485 g/mol. The van der Waals surface area contributed by atoms with E-state index in [1.807, 2.05) is 12.3 Å². The number of aliphatic hydroxyl groups is 1. The molecule has 1 N–H and O–H groups in total. The summed E-state index contributed by atoms with van der Waals surface area (Å²) in [7, 11) is 4.19. The first-order valence-electron chi connectivity index (χ1n) is 12.9. The number of pyridine rings is 1. The van der Waals surface area contributed by atoms with Gasteiger partial charge in [-0.2, -0.15) is 0 Å². The van der Waals surface area contributed by atoms with Gasteiger partial charge in [-0.1, -0.05) is 54.6 Å². The van der Waals surface area contributed by atoms with Crippen molar-refractivity contribution in [1.82, 2.24) is 14.8 Å². The first kappa shape index (κ1) is 23.2. The van der Waals surface area contributed by atoms with Crippen LogP contribution in [0.4, 0.5) is 0 Å². The van der Waals surface area contributed by atoms with Gasteiger partial charge >= 0.3 is 0 Å². The van der Waals surface area contributed by atoms with Crippen molar-refractivity contribution < 1.29 is 5.11 Å². The average Bonchev–Trinajstić information content (AvgIpc) is 3.38. The van der Waals surface area contributed by atoms with Crippen molar-refractivity contribution in [2.45, 2.75) is 41.2 Å². The van der Waals surface area contributed by atoms with Crippen molar-refractivity contribution >= 4 is 11.8 Å². The molecule has 0 saturated carbocycles. The van der Waals surface area contributed by atoms with E-state index < -0.39 is 5.60 Å². The Bertz CT molecular complexity index is 1170. The largest absolute Gasteiger partial charge is 0.385 e. The fourth-order valence-corrected chi connectivity index (χ4v) is 7.92. The third-order valence-corrected chi connectivity index (χ3v) is 9.47. The van der Waals surface area contributed by atoms with E-state index in [1.165, 1.54) is 28.7 Å². The lowest BCUT2D eigenvalue weighted by atomic mass is 9.74. The number of likely N-dealkylation sites (tertiary alicyclic amines) is 1. The van der Waals surface area contributed by atoms with Gasteiger partial charge in [-0.15, -0.1) is 11.8 Å². The van der Waals surface area contributed by atoms with Crippen molar-refractivity contribution in [1.29, 1.82) is 0 Å². The number of piperidine rings is 1. The van der Waals surface area contributed by atoms with Crippen molar-refractivity contribution in [3.05, 3.63) is 94.7 Å². The second-order valence-electron chi connectivity index (χ2n) is 10.8. The van der Waals surface area contributed by atoms with Gasteiger partial charge in [0.05, 0.1) is 5.60 Å². The molecule has 35 heavy (non-hydrogen) atoms. The summed E-state index contributed by atoms with van der Waals surface area (Å²) < 4.78 is 0. The van der Waals surface area contributed by atoms with E-state index in [2.05, 4.69) is 83.5 Å². The Hall–Kier alpha value is -2.18. The van der Waals surface area contributed by atoms with Gasteiger partial charge in [0.1, 0.15) is 5.03 Å². The molecule has 0 radical (unpaired) electrons. The molecule has 5 heteroatoms. The van der Waals surface area contributed by atoms with Gasteiger partial charge in [0.25, 0.3) is 0 Å². The maximum Gasteiger partial charge on any atom is 0.102 e. The molecule has 0 spiro atoms. The van der Waals surface area contributed by atoms with Crippen LogP contribution < -0.4 is 0 Å². The quantitative estimate of drug-likeness (QED) is 0.484. The summed E-state index contributed by atoms with van der Waals surface area (Å²) in [6.07, 6.45) is 4.54. The van der Waals surface area contributed by atoms with Gasteiger partial charge in [-0.3, -0.25) is 0 Å². The number of thioether (sulfide) groups is 1. The Morgan fingerprint density at radius 1 is 0.943 bits per heavy atom. The van der Waals surface area contributed by atoms with E-state index in [1.54, 1.807) is 11.8 Å². The molecule has 3 aliphatic rings. The van der Waals surface area contributed by atoms with E-state index in [-0.39, 0.29) is 5.41 Å². The van der Waals surface area contributed by atoms with Crippen LogP contribution in [0.3, 0.4) is 0 Å². The van der Waals surface area contributed by atoms with Crippen molar-refractivity contribution in [2.24, 2.45) is 0 Å². The SMILES string of the molecule is CN(C)CCSc1ncccc1C1(O)CCN(CC23CC(c4ccccc42)c2ccccc23)CC1.